The highest BCUT2D eigenvalue weighted by atomic mass is 32.1. The van der Waals surface area contributed by atoms with Gasteiger partial charge in [-0.3, -0.25) is 14.2 Å². The number of ether oxygens (including phenoxy) is 3. The monoisotopic (exact) mass is 430 g/mol. The summed E-state index contributed by atoms with van der Waals surface area (Å²) in [7, 11) is 0. The number of aromatic nitrogens is 3. The molecule has 1 saturated heterocycles. The lowest BCUT2D eigenvalue weighted by molar-refractivity contribution is -0.152. The second-order valence-electron chi connectivity index (χ2n) is 6.65. The SMILES string of the molecule is CC(=O)O[C@@H]1C[C@@H](COC(=O)c2ccccc2)O[C@H]1n1c(=O)sc2cnc(N)nc21. The summed E-state index contributed by atoms with van der Waals surface area (Å²) in [6, 6.07) is 8.55. The summed E-state index contributed by atoms with van der Waals surface area (Å²) in [5.41, 5.74) is 6.37. The van der Waals surface area contributed by atoms with E-state index in [1.807, 2.05) is 0 Å². The molecule has 11 heteroatoms. The number of rotatable bonds is 5. The van der Waals surface area contributed by atoms with Crippen molar-refractivity contribution in [3.8, 4) is 0 Å². The van der Waals surface area contributed by atoms with E-state index in [1.54, 1.807) is 30.3 Å². The maximum absolute atomic E-state index is 12.6. The van der Waals surface area contributed by atoms with Crippen LogP contribution in [0.15, 0.2) is 41.3 Å². The molecule has 0 radical (unpaired) electrons. The van der Waals surface area contributed by atoms with Gasteiger partial charge >= 0.3 is 16.8 Å². The molecule has 3 heterocycles. The van der Waals surface area contributed by atoms with Gasteiger partial charge in [0.25, 0.3) is 0 Å². The van der Waals surface area contributed by atoms with Gasteiger partial charge in [0.2, 0.25) is 5.95 Å². The molecule has 2 aromatic heterocycles. The van der Waals surface area contributed by atoms with E-state index in [9.17, 15) is 14.4 Å². The van der Waals surface area contributed by atoms with Gasteiger partial charge in [-0.05, 0) is 12.1 Å². The largest absolute Gasteiger partial charge is 0.459 e. The molecule has 0 bridgehead atoms. The van der Waals surface area contributed by atoms with Crippen molar-refractivity contribution in [1.82, 2.24) is 14.5 Å². The molecule has 10 nitrogen and oxygen atoms in total. The molecule has 0 aliphatic carbocycles. The van der Waals surface area contributed by atoms with Crippen molar-refractivity contribution in [2.45, 2.75) is 31.8 Å². The van der Waals surface area contributed by atoms with Gasteiger partial charge in [-0.1, -0.05) is 29.5 Å². The second-order valence-corrected chi connectivity index (χ2v) is 7.64. The lowest BCUT2D eigenvalue weighted by atomic mass is 10.2. The van der Waals surface area contributed by atoms with Crippen molar-refractivity contribution in [2.75, 3.05) is 12.3 Å². The molecule has 0 saturated carbocycles. The normalized spacial score (nSPS) is 20.9. The number of fused-ring (bicyclic) bond motifs is 1. The standard InChI is InChI=1S/C19H18N4O6S/c1-10(24)28-13-7-12(9-27-17(25)11-5-3-2-4-6-11)29-16(13)23-15-14(30-19(23)26)8-21-18(20)22-15/h2-6,8,12-13,16H,7,9H2,1H3,(H2,20,21,22)/t12-,13+,16+/m0/s1. The molecule has 1 fully saturated rings. The van der Waals surface area contributed by atoms with Crippen molar-refractivity contribution in [1.29, 1.82) is 0 Å². The van der Waals surface area contributed by atoms with E-state index in [0.29, 0.717) is 15.9 Å². The van der Waals surface area contributed by atoms with Crippen LogP contribution in [-0.4, -0.2) is 45.3 Å². The molecule has 3 atom stereocenters. The smallest absolute Gasteiger partial charge is 0.338 e. The highest BCUT2D eigenvalue weighted by molar-refractivity contribution is 7.16. The molecule has 2 N–H and O–H groups in total. The molecule has 3 aromatic rings. The maximum Gasteiger partial charge on any atom is 0.338 e. The van der Waals surface area contributed by atoms with Gasteiger partial charge in [-0.25, -0.2) is 9.78 Å². The number of nitrogens with two attached hydrogens (primary N) is 1. The minimum absolute atomic E-state index is 0.00410. The predicted molar refractivity (Wildman–Crippen MR) is 107 cm³/mol. The van der Waals surface area contributed by atoms with Gasteiger partial charge in [-0.2, -0.15) is 4.98 Å². The average Bonchev–Trinajstić information content (AvgIpc) is 3.25. The van der Waals surface area contributed by atoms with Crippen LogP contribution in [0.25, 0.3) is 10.3 Å². The molecule has 0 amide bonds. The minimum Gasteiger partial charge on any atom is -0.459 e. The Bertz CT molecular complexity index is 1140. The summed E-state index contributed by atoms with van der Waals surface area (Å²) >= 11 is 0.933. The van der Waals surface area contributed by atoms with E-state index < -0.39 is 30.4 Å². The zero-order chi connectivity index (χ0) is 21.3. The van der Waals surface area contributed by atoms with E-state index in [2.05, 4.69) is 9.97 Å². The lowest BCUT2D eigenvalue weighted by Gasteiger charge is -2.19. The molecule has 1 aliphatic rings. The Labute approximate surface area is 174 Å². The Morgan fingerprint density at radius 1 is 1.33 bits per heavy atom. The van der Waals surface area contributed by atoms with E-state index in [0.717, 1.165) is 11.3 Å². The van der Waals surface area contributed by atoms with Crippen LogP contribution in [0.4, 0.5) is 5.95 Å². The van der Waals surface area contributed by atoms with Crippen molar-refractivity contribution in [3.63, 3.8) is 0 Å². The number of nitrogens with zero attached hydrogens (tertiary/aromatic N) is 3. The quantitative estimate of drug-likeness (QED) is 0.597. The summed E-state index contributed by atoms with van der Waals surface area (Å²) in [5.74, 6) is -1.01. The van der Waals surface area contributed by atoms with E-state index >= 15 is 0 Å². The predicted octanol–water partition coefficient (Wildman–Crippen LogP) is 1.51. The van der Waals surface area contributed by atoms with Crippen molar-refractivity contribution in [3.05, 3.63) is 51.8 Å². The number of esters is 2. The number of nitrogen functional groups attached to an aromatic ring is 1. The fraction of sp³-hybridized carbons (Fsp3) is 0.316. The van der Waals surface area contributed by atoms with E-state index in [-0.39, 0.29) is 23.8 Å². The minimum atomic E-state index is -0.926. The summed E-state index contributed by atoms with van der Waals surface area (Å²) < 4.78 is 18.5. The number of hydrogen-bond donors (Lipinski definition) is 1. The summed E-state index contributed by atoms with van der Waals surface area (Å²) in [6.45, 7) is 1.21. The number of thiazole rings is 1. The topological polar surface area (TPSA) is 136 Å². The molecule has 4 rings (SSSR count). The van der Waals surface area contributed by atoms with Gasteiger partial charge < -0.3 is 19.9 Å². The Morgan fingerprint density at radius 3 is 2.83 bits per heavy atom. The Morgan fingerprint density at radius 2 is 2.10 bits per heavy atom. The first kappa shape index (κ1) is 20.0. The zero-order valence-electron chi connectivity index (χ0n) is 15.9. The van der Waals surface area contributed by atoms with Gasteiger partial charge in [0, 0.05) is 13.3 Å². The summed E-state index contributed by atoms with van der Waals surface area (Å²) in [6.07, 6.45) is -0.557. The third-order valence-corrected chi connectivity index (χ3v) is 5.38. The van der Waals surface area contributed by atoms with E-state index in [4.69, 9.17) is 19.9 Å². The molecular weight excluding hydrogens is 412 g/mol. The first-order chi connectivity index (χ1) is 14.4. The molecule has 30 heavy (non-hydrogen) atoms. The van der Waals surface area contributed by atoms with Crippen molar-refractivity contribution >= 4 is 39.6 Å². The van der Waals surface area contributed by atoms with Crippen molar-refractivity contribution in [2.24, 2.45) is 0 Å². The first-order valence-electron chi connectivity index (χ1n) is 9.11. The van der Waals surface area contributed by atoms with Crippen LogP contribution >= 0.6 is 11.3 Å². The summed E-state index contributed by atoms with van der Waals surface area (Å²) in [4.78, 5) is 44.0. The number of carbonyl (C=O) groups is 2. The third kappa shape index (κ3) is 4.02. The van der Waals surface area contributed by atoms with Crippen LogP contribution in [0.5, 0.6) is 0 Å². The highest BCUT2D eigenvalue weighted by Gasteiger charge is 2.41. The Balaban J connectivity index is 1.56. The number of anilines is 1. The van der Waals surface area contributed by atoms with Gasteiger partial charge in [-0.15, -0.1) is 0 Å². The Kier molecular flexibility index (Phi) is 5.46. The number of hydrogen-bond acceptors (Lipinski definition) is 10. The molecule has 0 unspecified atom stereocenters. The molecular formula is C19H18N4O6S. The summed E-state index contributed by atoms with van der Waals surface area (Å²) in [5, 5.41) is 0. The van der Waals surface area contributed by atoms with Gasteiger partial charge in [0.1, 0.15) is 12.7 Å². The van der Waals surface area contributed by atoms with Crippen LogP contribution < -0.4 is 10.6 Å². The zero-order valence-corrected chi connectivity index (χ0v) is 16.7. The third-order valence-electron chi connectivity index (χ3n) is 4.50. The van der Waals surface area contributed by atoms with E-state index in [1.165, 1.54) is 17.7 Å². The fourth-order valence-electron chi connectivity index (χ4n) is 3.27. The van der Waals surface area contributed by atoms with Crippen LogP contribution in [0.2, 0.25) is 0 Å². The second kappa shape index (κ2) is 8.20. The fourth-order valence-corrected chi connectivity index (χ4v) is 4.09. The molecule has 1 aromatic carbocycles. The van der Waals surface area contributed by atoms with Crippen LogP contribution in [0.3, 0.4) is 0 Å². The van der Waals surface area contributed by atoms with Crippen LogP contribution in [-0.2, 0) is 19.0 Å². The van der Waals surface area contributed by atoms with Crippen LogP contribution in [0, 0.1) is 0 Å². The van der Waals surface area contributed by atoms with Gasteiger partial charge in [0.15, 0.2) is 11.9 Å². The number of carbonyl (C=O) groups excluding carboxylic acids is 2. The van der Waals surface area contributed by atoms with Crippen LogP contribution in [0.1, 0.15) is 29.9 Å². The Hall–Kier alpha value is -3.31. The average molecular weight is 430 g/mol. The highest BCUT2D eigenvalue weighted by Crippen LogP contribution is 2.33. The van der Waals surface area contributed by atoms with Crippen molar-refractivity contribution < 1.29 is 23.8 Å². The molecule has 1 aliphatic heterocycles. The molecule has 156 valence electrons. The van der Waals surface area contributed by atoms with Gasteiger partial charge in [0.05, 0.1) is 22.6 Å². The lowest BCUT2D eigenvalue weighted by Crippen LogP contribution is -2.30. The first-order valence-corrected chi connectivity index (χ1v) is 9.92. The number of benzene rings is 1. The molecule has 0 spiro atoms. The maximum atomic E-state index is 12.6.